The summed E-state index contributed by atoms with van der Waals surface area (Å²) in [5.74, 6) is -0.637. The molecule has 0 saturated heterocycles. The molecule has 2 heterocycles. The fourth-order valence-electron chi connectivity index (χ4n) is 3.63. The highest BCUT2D eigenvalue weighted by molar-refractivity contribution is 6.37. The molecule has 3 aromatic carbocycles. The van der Waals surface area contributed by atoms with E-state index in [9.17, 15) is 9.59 Å². The number of hydrogen-bond acceptors (Lipinski definition) is 6. The number of ether oxygens (including phenoxy) is 1. The van der Waals surface area contributed by atoms with Crippen LogP contribution >= 0.6 is 34.8 Å². The molecule has 2 aromatic heterocycles. The number of aliphatic carboxylic acids is 1. The van der Waals surface area contributed by atoms with Gasteiger partial charge in [0.05, 0.1) is 27.2 Å². The van der Waals surface area contributed by atoms with Crippen LogP contribution in [0.4, 0.5) is 0 Å². The number of furan rings is 1. The minimum atomic E-state index is -1.17. The van der Waals surface area contributed by atoms with Crippen molar-refractivity contribution in [2.75, 3.05) is 0 Å². The molecule has 5 aromatic rings. The topological polar surface area (TPSA) is 107 Å². The zero-order valence-electron chi connectivity index (χ0n) is 19.0. The molecule has 186 valence electrons. The molecule has 0 radical (unpaired) electrons. The van der Waals surface area contributed by atoms with Crippen LogP contribution in [0.25, 0.3) is 33.5 Å². The maximum absolute atomic E-state index is 13.4. The molecule has 0 aliphatic rings. The smallest absolute Gasteiger partial charge is 0.344 e. The first-order valence-corrected chi connectivity index (χ1v) is 12.0. The Hall–Kier alpha value is -3.85. The second kappa shape index (κ2) is 9.89. The summed E-state index contributed by atoms with van der Waals surface area (Å²) in [6.45, 7) is 1.36. The van der Waals surface area contributed by atoms with Crippen molar-refractivity contribution in [1.29, 1.82) is 0 Å². The summed E-state index contributed by atoms with van der Waals surface area (Å²) in [5.41, 5.74) is 1.07. The van der Waals surface area contributed by atoms with Gasteiger partial charge in [-0.25, -0.2) is 9.78 Å². The number of aromatic nitrogens is 2. The van der Waals surface area contributed by atoms with Crippen LogP contribution in [0.1, 0.15) is 12.5 Å². The molecular weight excluding hydrogens is 541 g/mol. The van der Waals surface area contributed by atoms with Gasteiger partial charge in [0.25, 0.3) is 5.56 Å². The van der Waals surface area contributed by atoms with Crippen LogP contribution in [0.5, 0.6) is 5.75 Å². The number of halogens is 3. The van der Waals surface area contributed by atoms with Crippen LogP contribution in [-0.2, 0) is 4.79 Å². The average molecular weight is 557 g/mol. The molecule has 5 rings (SSSR count). The second-order valence-electron chi connectivity index (χ2n) is 8.02. The Morgan fingerprint density at radius 3 is 2.57 bits per heavy atom. The molecule has 0 spiro atoms. The standard InChI is InChI=1S/C26H16Cl3N3O5/c1-13(26(34)35)36-23-18(28)8-14(9-19(23)29)12-30-32-24(31-20-5-3-2-4-17(20)25(32)33)22-11-15-10-16(27)6-7-21(15)37-22/h2-13H,1H3,(H,34,35)/t13-/m0/s1. The summed E-state index contributed by atoms with van der Waals surface area (Å²) in [7, 11) is 0. The van der Waals surface area contributed by atoms with E-state index in [1.807, 2.05) is 0 Å². The zero-order valence-corrected chi connectivity index (χ0v) is 21.3. The van der Waals surface area contributed by atoms with Crippen LogP contribution in [-0.4, -0.2) is 33.1 Å². The first-order valence-electron chi connectivity index (χ1n) is 10.9. The van der Waals surface area contributed by atoms with Gasteiger partial charge in [-0.1, -0.05) is 46.9 Å². The van der Waals surface area contributed by atoms with Crippen molar-refractivity contribution in [1.82, 2.24) is 9.66 Å². The third kappa shape index (κ3) is 4.91. The minimum absolute atomic E-state index is 0.0292. The molecule has 0 amide bonds. The SMILES string of the molecule is C[C@H](Oc1c(Cl)cc(C=Nn2c(-c3cc4cc(Cl)ccc4o3)nc3ccccc3c2=O)cc1Cl)C(=O)O. The van der Waals surface area contributed by atoms with Crippen molar-refractivity contribution in [3.05, 3.63) is 91.6 Å². The third-order valence-electron chi connectivity index (χ3n) is 5.44. The fraction of sp³-hybridized carbons (Fsp3) is 0.0769. The van der Waals surface area contributed by atoms with E-state index >= 15 is 0 Å². The minimum Gasteiger partial charge on any atom is -0.479 e. The molecule has 0 aliphatic carbocycles. The van der Waals surface area contributed by atoms with Crippen LogP contribution < -0.4 is 10.3 Å². The van der Waals surface area contributed by atoms with E-state index in [1.165, 1.54) is 25.3 Å². The predicted molar refractivity (Wildman–Crippen MR) is 143 cm³/mol. The Balaban J connectivity index is 1.62. The predicted octanol–water partition coefficient (Wildman–Crippen LogP) is 6.50. The van der Waals surface area contributed by atoms with Gasteiger partial charge in [-0.2, -0.15) is 9.78 Å². The number of rotatable bonds is 6. The number of hydrogen-bond donors (Lipinski definition) is 1. The van der Waals surface area contributed by atoms with Gasteiger partial charge in [0.2, 0.25) is 5.82 Å². The van der Waals surface area contributed by atoms with Crippen LogP contribution in [0.15, 0.2) is 75.0 Å². The quantitative estimate of drug-likeness (QED) is 0.239. The number of nitrogens with zero attached hydrogens (tertiary/aromatic N) is 3. The van der Waals surface area contributed by atoms with Crippen molar-refractivity contribution in [2.24, 2.45) is 5.10 Å². The lowest BCUT2D eigenvalue weighted by Crippen LogP contribution is -2.23. The Kier molecular flexibility index (Phi) is 6.64. The maximum atomic E-state index is 13.4. The molecule has 0 bridgehead atoms. The lowest BCUT2D eigenvalue weighted by atomic mass is 10.2. The van der Waals surface area contributed by atoms with Gasteiger partial charge in [-0.05, 0) is 61.0 Å². The van der Waals surface area contributed by atoms with Crippen molar-refractivity contribution >= 4 is 68.9 Å². The zero-order chi connectivity index (χ0) is 26.3. The molecule has 11 heteroatoms. The fourth-order valence-corrected chi connectivity index (χ4v) is 4.41. The normalized spacial score (nSPS) is 12.4. The largest absolute Gasteiger partial charge is 0.479 e. The average Bonchev–Trinajstić information content (AvgIpc) is 3.28. The van der Waals surface area contributed by atoms with Gasteiger partial charge >= 0.3 is 5.97 Å². The highest BCUT2D eigenvalue weighted by atomic mass is 35.5. The molecule has 0 unspecified atom stereocenters. The van der Waals surface area contributed by atoms with Crippen LogP contribution in [0.3, 0.4) is 0 Å². The van der Waals surface area contributed by atoms with Gasteiger partial charge in [0.15, 0.2) is 17.6 Å². The van der Waals surface area contributed by atoms with Crippen molar-refractivity contribution in [3.63, 3.8) is 0 Å². The second-order valence-corrected chi connectivity index (χ2v) is 9.27. The molecule has 1 atom stereocenters. The lowest BCUT2D eigenvalue weighted by Gasteiger charge is -2.14. The van der Waals surface area contributed by atoms with Crippen LogP contribution in [0.2, 0.25) is 15.1 Å². The highest BCUT2D eigenvalue weighted by Gasteiger charge is 2.19. The molecule has 1 N–H and O–H groups in total. The summed E-state index contributed by atoms with van der Waals surface area (Å²) in [6.07, 6.45) is 0.223. The van der Waals surface area contributed by atoms with Crippen molar-refractivity contribution in [2.45, 2.75) is 13.0 Å². The first-order chi connectivity index (χ1) is 17.7. The Bertz CT molecular complexity index is 1750. The molecule has 0 fully saturated rings. The van der Waals surface area contributed by atoms with Crippen molar-refractivity contribution < 1.29 is 19.1 Å². The summed E-state index contributed by atoms with van der Waals surface area (Å²) in [5, 5.41) is 15.3. The van der Waals surface area contributed by atoms with Gasteiger partial charge in [-0.3, -0.25) is 4.79 Å². The van der Waals surface area contributed by atoms with Crippen LogP contribution in [0, 0.1) is 0 Å². The monoisotopic (exact) mass is 555 g/mol. The molecule has 0 aliphatic heterocycles. The van der Waals surface area contributed by atoms with E-state index < -0.39 is 17.6 Å². The number of para-hydroxylation sites is 1. The number of carbonyl (C=O) groups is 1. The number of carboxylic acid groups (broad SMARTS) is 1. The maximum Gasteiger partial charge on any atom is 0.344 e. The Morgan fingerprint density at radius 1 is 1.11 bits per heavy atom. The van der Waals surface area contributed by atoms with Crippen molar-refractivity contribution in [3.8, 4) is 17.3 Å². The summed E-state index contributed by atoms with van der Waals surface area (Å²) in [6, 6.07) is 16.8. The lowest BCUT2D eigenvalue weighted by molar-refractivity contribution is -0.144. The van der Waals surface area contributed by atoms with E-state index in [1.54, 1.807) is 48.5 Å². The Morgan fingerprint density at radius 2 is 1.84 bits per heavy atom. The summed E-state index contributed by atoms with van der Waals surface area (Å²) < 4.78 is 12.4. The molecule has 8 nitrogen and oxygen atoms in total. The van der Waals surface area contributed by atoms with E-state index in [2.05, 4.69) is 10.1 Å². The van der Waals surface area contributed by atoms with E-state index in [0.29, 0.717) is 32.8 Å². The highest BCUT2D eigenvalue weighted by Crippen LogP contribution is 2.35. The number of benzene rings is 3. The van der Waals surface area contributed by atoms with Gasteiger partial charge in [0.1, 0.15) is 5.58 Å². The molecule has 37 heavy (non-hydrogen) atoms. The number of carboxylic acids is 1. The summed E-state index contributed by atoms with van der Waals surface area (Å²) in [4.78, 5) is 29.1. The van der Waals surface area contributed by atoms with E-state index in [4.69, 9.17) is 49.1 Å². The van der Waals surface area contributed by atoms with Gasteiger partial charge in [-0.15, -0.1) is 0 Å². The Labute approximate surface area is 224 Å². The van der Waals surface area contributed by atoms with E-state index in [-0.39, 0.29) is 21.6 Å². The third-order valence-corrected chi connectivity index (χ3v) is 6.23. The van der Waals surface area contributed by atoms with Gasteiger partial charge < -0.3 is 14.3 Å². The molecular formula is C26H16Cl3N3O5. The number of fused-ring (bicyclic) bond motifs is 2. The summed E-state index contributed by atoms with van der Waals surface area (Å²) >= 11 is 18.7. The molecule has 0 saturated carbocycles. The van der Waals surface area contributed by atoms with E-state index in [0.717, 1.165) is 10.1 Å². The van der Waals surface area contributed by atoms with Gasteiger partial charge in [0, 0.05) is 10.4 Å². The first kappa shape index (κ1) is 24.8.